The maximum absolute atomic E-state index is 10.7. The quantitative estimate of drug-likeness (QED) is 0.748. The number of hydrogen-bond donors (Lipinski definition) is 0. The number of hydrogen-bond acceptors (Lipinski definition) is 4. The second-order valence-electron chi connectivity index (χ2n) is 3.31. The third kappa shape index (κ3) is 2.69. The molecular formula is C10H15ClN2OS. The molecule has 0 saturated heterocycles. The lowest BCUT2D eigenvalue weighted by atomic mass is 10.2. The second kappa shape index (κ2) is 5.47. The minimum atomic E-state index is 0.312. The van der Waals surface area contributed by atoms with Gasteiger partial charge < -0.3 is 4.90 Å². The molecule has 1 atom stereocenters. The van der Waals surface area contributed by atoms with Gasteiger partial charge in [0.1, 0.15) is 4.88 Å². The van der Waals surface area contributed by atoms with E-state index >= 15 is 0 Å². The Balaban J connectivity index is 2.96. The highest BCUT2D eigenvalue weighted by Gasteiger charge is 2.17. The van der Waals surface area contributed by atoms with Gasteiger partial charge in [0, 0.05) is 12.6 Å². The lowest BCUT2D eigenvalue weighted by Gasteiger charge is -2.26. The van der Waals surface area contributed by atoms with Gasteiger partial charge in [-0.1, -0.05) is 29.9 Å². The fraction of sp³-hybridized carbons (Fsp3) is 0.600. The average molecular weight is 247 g/mol. The molecule has 1 heterocycles. The van der Waals surface area contributed by atoms with Crippen molar-refractivity contribution in [1.29, 1.82) is 0 Å². The standard InChI is InChI=1S/C10H15ClN2OS/c1-4-7(3)13(5-2)10-12-9(11)8(6-14)15-10/h6-7H,4-5H2,1-3H3. The van der Waals surface area contributed by atoms with E-state index in [-0.39, 0.29) is 0 Å². The fourth-order valence-electron chi connectivity index (χ4n) is 1.35. The van der Waals surface area contributed by atoms with Crippen LogP contribution in [0.2, 0.25) is 5.15 Å². The Hall–Kier alpha value is -0.610. The van der Waals surface area contributed by atoms with E-state index in [2.05, 4.69) is 30.7 Å². The fourth-order valence-corrected chi connectivity index (χ4v) is 2.58. The highest BCUT2D eigenvalue weighted by atomic mass is 35.5. The van der Waals surface area contributed by atoms with E-state index in [0.29, 0.717) is 16.1 Å². The van der Waals surface area contributed by atoms with Crippen molar-refractivity contribution in [3.05, 3.63) is 10.0 Å². The summed E-state index contributed by atoms with van der Waals surface area (Å²) in [4.78, 5) is 17.5. The molecule has 0 spiro atoms. The first-order chi connectivity index (χ1) is 7.13. The number of nitrogens with zero attached hydrogens (tertiary/aromatic N) is 2. The van der Waals surface area contributed by atoms with Crippen molar-refractivity contribution in [2.24, 2.45) is 0 Å². The Kier molecular flexibility index (Phi) is 4.54. The second-order valence-corrected chi connectivity index (χ2v) is 4.68. The molecule has 0 fully saturated rings. The molecule has 0 aliphatic carbocycles. The number of aromatic nitrogens is 1. The maximum atomic E-state index is 10.7. The van der Waals surface area contributed by atoms with E-state index in [1.165, 1.54) is 11.3 Å². The molecule has 3 nitrogen and oxygen atoms in total. The minimum Gasteiger partial charge on any atom is -0.346 e. The smallest absolute Gasteiger partial charge is 0.187 e. The number of halogens is 1. The molecule has 1 aromatic heterocycles. The van der Waals surface area contributed by atoms with Crippen molar-refractivity contribution in [1.82, 2.24) is 4.98 Å². The molecule has 0 aliphatic heterocycles. The van der Waals surface area contributed by atoms with E-state index < -0.39 is 0 Å². The van der Waals surface area contributed by atoms with Crippen LogP contribution in [-0.2, 0) is 0 Å². The molecule has 1 rings (SSSR count). The van der Waals surface area contributed by atoms with Crippen LogP contribution in [-0.4, -0.2) is 23.9 Å². The van der Waals surface area contributed by atoms with E-state index in [0.717, 1.165) is 24.4 Å². The van der Waals surface area contributed by atoms with Crippen molar-refractivity contribution in [3.63, 3.8) is 0 Å². The molecule has 0 saturated carbocycles. The highest BCUT2D eigenvalue weighted by Crippen LogP contribution is 2.29. The van der Waals surface area contributed by atoms with E-state index in [9.17, 15) is 4.79 Å². The molecular weight excluding hydrogens is 232 g/mol. The zero-order valence-electron chi connectivity index (χ0n) is 9.16. The van der Waals surface area contributed by atoms with Gasteiger partial charge in [-0.15, -0.1) is 0 Å². The third-order valence-electron chi connectivity index (χ3n) is 2.41. The highest BCUT2D eigenvalue weighted by molar-refractivity contribution is 7.17. The summed E-state index contributed by atoms with van der Waals surface area (Å²) in [6.07, 6.45) is 1.80. The first-order valence-corrected chi connectivity index (χ1v) is 6.21. The van der Waals surface area contributed by atoms with Crippen molar-refractivity contribution >= 4 is 34.4 Å². The number of aldehydes is 1. The predicted molar refractivity (Wildman–Crippen MR) is 65.3 cm³/mol. The molecule has 84 valence electrons. The van der Waals surface area contributed by atoms with Crippen LogP contribution < -0.4 is 4.90 Å². The first kappa shape index (κ1) is 12.5. The number of rotatable bonds is 5. The van der Waals surface area contributed by atoms with Gasteiger partial charge >= 0.3 is 0 Å². The van der Waals surface area contributed by atoms with Crippen LogP contribution in [0.15, 0.2) is 0 Å². The van der Waals surface area contributed by atoms with Crippen molar-refractivity contribution in [2.45, 2.75) is 33.2 Å². The molecule has 0 N–H and O–H groups in total. The lowest BCUT2D eigenvalue weighted by molar-refractivity contribution is 0.112. The Labute approximate surface area is 99.1 Å². The Morgan fingerprint density at radius 3 is 2.67 bits per heavy atom. The monoisotopic (exact) mass is 246 g/mol. The van der Waals surface area contributed by atoms with Gasteiger partial charge in [0.05, 0.1) is 0 Å². The summed E-state index contributed by atoms with van der Waals surface area (Å²) >= 11 is 7.19. The molecule has 0 radical (unpaired) electrons. The largest absolute Gasteiger partial charge is 0.346 e. The van der Waals surface area contributed by atoms with Crippen LogP contribution >= 0.6 is 22.9 Å². The number of thiazole rings is 1. The summed E-state index contributed by atoms with van der Waals surface area (Å²) in [7, 11) is 0. The van der Waals surface area contributed by atoms with Crippen LogP contribution in [0.5, 0.6) is 0 Å². The van der Waals surface area contributed by atoms with Gasteiger partial charge in [-0.2, -0.15) is 0 Å². The van der Waals surface area contributed by atoms with Gasteiger partial charge in [-0.05, 0) is 20.3 Å². The Morgan fingerprint density at radius 1 is 1.60 bits per heavy atom. The molecule has 0 aromatic carbocycles. The zero-order valence-corrected chi connectivity index (χ0v) is 10.7. The summed E-state index contributed by atoms with van der Waals surface area (Å²) in [5.41, 5.74) is 0. The summed E-state index contributed by atoms with van der Waals surface area (Å²) in [5.74, 6) is 0. The number of carbonyl (C=O) groups excluding carboxylic acids is 1. The van der Waals surface area contributed by atoms with Crippen molar-refractivity contribution < 1.29 is 4.79 Å². The van der Waals surface area contributed by atoms with Crippen LogP contribution in [0.4, 0.5) is 5.13 Å². The van der Waals surface area contributed by atoms with Crippen LogP contribution in [0.3, 0.4) is 0 Å². The molecule has 1 aromatic rings. The van der Waals surface area contributed by atoms with Crippen LogP contribution in [0.25, 0.3) is 0 Å². The van der Waals surface area contributed by atoms with Gasteiger partial charge in [0.15, 0.2) is 16.6 Å². The molecule has 15 heavy (non-hydrogen) atoms. The van der Waals surface area contributed by atoms with Gasteiger partial charge in [0.2, 0.25) is 0 Å². The van der Waals surface area contributed by atoms with Gasteiger partial charge in [0.25, 0.3) is 0 Å². The van der Waals surface area contributed by atoms with Crippen LogP contribution in [0, 0.1) is 0 Å². The summed E-state index contributed by atoms with van der Waals surface area (Å²) in [6, 6.07) is 0.414. The normalized spacial score (nSPS) is 12.5. The lowest BCUT2D eigenvalue weighted by Crippen LogP contribution is -2.32. The van der Waals surface area contributed by atoms with Crippen molar-refractivity contribution in [3.8, 4) is 0 Å². The first-order valence-electron chi connectivity index (χ1n) is 5.02. The molecule has 1 unspecified atom stereocenters. The predicted octanol–water partition coefficient (Wildman–Crippen LogP) is 3.23. The average Bonchev–Trinajstić information content (AvgIpc) is 2.60. The molecule has 0 aliphatic rings. The van der Waals surface area contributed by atoms with E-state index in [1.54, 1.807) is 0 Å². The van der Waals surface area contributed by atoms with Gasteiger partial charge in [-0.25, -0.2) is 4.98 Å². The third-order valence-corrected chi connectivity index (χ3v) is 3.83. The zero-order chi connectivity index (χ0) is 11.4. The SMILES string of the molecule is CCC(C)N(CC)c1nc(Cl)c(C=O)s1. The maximum Gasteiger partial charge on any atom is 0.187 e. The topological polar surface area (TPSA) is 33.2 Å². The van der Waals surface area contributed by atoms with E-state index in [4.69, 9.17) is 11.6 Å². The molecule has 0 bridgehead atoms. The Morgan fingerprint density at radius 2 is 2.27 bits per heavy atom. The molecule has 0 amide bonds. The summed E-state index contributed by atoms with van der Waals surface area (Å²) in [6.45, 7) is 7.21. The Bertz CT molecular complexity index is 340. The van der Waals surface area contributed by atoms with Crippen LogP contribution in [0.1, 0.15) is 36.9 Å². The number of carbonyl (C=O) groups is 1. The number of anilines is 1. The minimum absolute atomic E-state index is 0.312. The summed E-state index contributed by atoms with van der Waals surface area (Å²) in [5, 5.41) is 1.14. The molecule has 5 heteroatoms. The van der Waals surface area contributed by atoms with Gasteiger partial charge in [-0.3, -0.25) is 4.79 Å². The van der Waals surface area contributed by atoms with E-state index in [1.807, 2.05) is 0 Å². The summed E-state index contributed by atoms with van der Waals surface area (Å²) < 4.78 is 0. The van der Waals surface area contributed by atoms with Crippen molar-refractivity contribution in [2.75, 3.05) is 11.4 Å².